The van der Waals surface area contributed by atoms with Gasteiger partial charge in [0.15, 0.2) is 5.96 Å². The van der Waals surface area contributed by atoms with E-state index in [-0.39, 0.29) is 12.1 Å². The highest BCUT2D eigenvalue weighted by Crippen LogP contribution is 2.15. The highest BCUT2D eigenvalue weighted by Gasteiger charge is 2.34. The van der Waals surface area contributed by atoms with Gasteiger partial charge in [-0.15, -0.1) is 0 Å². The zero-order chi connectivity index (χ0) is 20.0. The van der Waals surface area contributed by atoms with Gasteiger partial charge in [-0.25, -0.2) is 14.8 Å². The van der Waals surface area contributed by atoms with Crippen molar-refractivity contribution in [2.75, 3.05) is 38.6 Å². The van der Waals surface area contributed by atoms with Crippen LogP contribution in [0.3, 0.4) is 0 Å². The summed E-state index contributed by atoms with van der Waals surface area (Å²) in [5.41, 5.74) is 0.433. The Morgan fingerprint density at radius 1 is 1.37 bits per heavy atom. The lowest BCUT2D eigenvalue weighted by Crippen LogP contribution is -2.63. The van der Waals surface area contributed by atoms with Crippen LogP contribution in [0.2, 0.25) is 0 Å². The number of ether oxygens (including phenoxy) is 1. The van der Waals surface area contributed by atoms with Gasteiger partial charge in [-0.1, -0.05) is 6.07 Å². The lowest BCUT2D eigenvalue weighted by atomic mass is 10.1. The van der Waals surface area contributed by atoms with Crippen LogP contribution in [0.5, 0.6) is 0 Å². The maximum absolute atomic E-state index is 12.0. The quantitative estimate of drug-likeness (QED) is 0.603. The van der Waals surface area contributed by atoms with Crippen LogP contribution in [0.15, 0.2) is 23.2 Å². The number of hydrogen-bond acceptors (Lipinski definition) is 5. The summed E-state index contributed by atoms with van der Waals surface area (Å²) in [4.78, 5) is 24.9. The minimum absolute atomic E-state index is 0.163. The maximum atomic E-state index is 12.0. The van der Waals surface area contributed by atoms with E-state index in [0.717, 1.165) is 24.0 Å². The molecule has 27 heavy (non-hydrogen) atoms. The predicted octanol–water partition coefficient (Wildman–Crippen LogP) is 1.82. The molecule has 0 atom stereocenters. The zero-order valence-electron chi connectivity index (χ0n) is 17.2. The number of likely N-dealkylation sites (tertiary alicyclic amines) is 1. The van der Waals surface area contributed by atoms with Crippen LogP contribution in [0.1, 0.15) is 33.4 Å². The van der Waals surface area contributed by atoms with E-state index in [1.54, 1.807) is 4.90 Å². The van der Waals surface area contributed by atoms with Gasteiger partial charge in [0, 0.05) is 33.7 Å². The highest BCUT2D eigenvalue weighted by molar-refractivity contribution is 5.80. The minimum Gasteiger partial charge on any atom is -0.444 e. The molecule has 2 heterocycles. The number of rotatable bonds is 5. The molecular formula is C19H32N6O2. The number of pyridine rings is 1. The summed E-state index contributed by atoms with van der Waals surface area (Å²) in [5, 5.41) is 6.60. The van der Waals surface area contributed by atoms with Crippen molar-refractivity contribution in [3.8, 4) is 0 Å². The molecule has 150 valence electrons. The normalized spacial score (nSPS) is 15.2. The molecule has 1 fully saturated rings. The number of guanidine groups is 1. The third kappa shape index (κ3) is 6.62. The fourth-order valence-electron chi connectivity index (χ4n) is 2.52. The number of aliphatic imine (C=N–C) groups is 1. The Kier molecular flexibility index (Phi) is 6.87. The van der Waals surface area contributed by atoms with Gasteiger partial charge in [-0.3, -0.25) is 0 Å². The van der Waals surface area contributed by atoms with E-state index in [2.05, 4.69) is 20.6 Å². The number of hydrogen-bond donors (Lipinski definition) is 2. The molecule has 2 N–H and O–H groups in total. The predicted molar refractivity (Wildman–Crippen MR) is 108 cm³/mol. The van der Waals surface area contributed by atoms with E-state index in [1.165, 1.54) is 0 Å². The number of amides is 1. The Morgan fingerprint density at radius 2 is 2.07 bits per heavy atom. The summed E-state index contributed by atoms with van der Waals surface area (Å²) in [7, 11) is 3.93. The van der Waals surface area contributed by atoms with Crippen LogP contribution < -0.4 is 15.5 Å². The Morgan fingerprint density at radius 3 is 2.67 bits per heavy atom. The molecule has 8 nitrogen and oxygen atoms in total. The smallest absolute Gasteiger partial charge is 0.410 e. The van der Waals surface area contributed by atoms with Crippen molar-refractivity contribution < 1.29 is 9.53 Å². The van der Waals surface area contributed by atoms with Crippen molar-refractivity contribution >= 4 is 17.9 Å². The Labute approximate surface area is 162 Å². The Bertz CT molecular complexity index is 662. The van der Waals surface area contributed by atoms with E-state index in [9.17, 15) is 4.79 Å². The molecule has 1 aromatic heterocycles. The molecule has 1 aliphatic rings. The molecule has 8 heteroatoms. The molecule has 0 saturated carbocycles. The summed E-state index contributed by atoms with van der Waals surface area (Å²) < 4.78 is 5.38. The highest BCUT2D eigenvalue weighted by atomic mass is 16.6. The first-order valence-electron chi connectivity index (χ1n) is 9.34. The standard InChI is InChI=1S/C19H32N6O2/c1-7-20-17(21-11-14-9-8-10-16(22-14)24(5)6)23-15-12-25(13-15)18(26)27-19(2,3)4/h8-10,15H,7,11-13H2,1-6H3,(H2,20,21,23). The summed E-state index contributed by atoms with van der Waals surface area (Å²) in [6, 6.07) is 6.08. The summed E-state index contributed by atoms with van der Waals surface area (Å²) in [6.45, 7) is 10.1. The van der Waals surface area contributed by atoms with Crippen molar-refractivity contribution in [2.45, 2.75) is 45.9 Å². The molecule has 1 aromatic rings. The molecule has 0 aliphatic carbocycles. The second-order valence-electron chi connectivity index (χ2n) is 7.80. The molecule has 0 bridgehead atoms. The molecule has 0 spiro atoms. The van der Waals surface area contributed by atoms with E-state index in [4.69, 9.17) is 4.74 Å². The number of aromatic nitrogens is 1. The Hall–Kier alpha value is -2.51. The van der Waals surface area contributed by atoms with Gasteiger partial charge in [0.1, 0.15) is 11.4 Å². The van der Waals surface area contributed by atoms with Gasteiger partial charge in [0.05, 0.1) is 18.3 Å². The van der Waals surface area contributed by atoms with E-state index < -0.39 is 5.60 Å². The molecule has 1 aliphatic heterocycles. The van der Waals surface area contributed by atoms with Crippen LogP contribution in [-0.2, 0) is 11.3 Å². The van der Waals surface area contributed by atoms with Gasteiger partial charge < -0.3 is 25.2 Å². The molecule has 1 saturated heterocycles. The van der Waals surface area contributed by atoms with Gasteiger partial charge in [-0.05, 0) is 39.8 Å². The van der Waals surface area contributed by atoms with Crippen molar-refractivity contribution in [3.05, 3.63) is 23.9 Å². The van der Waals surface area contributed by atoms with Crippen LogP contribution in [-0.4, -0.2) is 67.3 Å². The second kappa shape index (κ2) is 8.92. The molecule has 0 unspecified atom stereocenters. The monoisotopic (exact) mass is 376 g/mol. The first-order chi connectivity index (χ1) is 12.7. The zero-order valence-corrected chi connectivity index (χ0v) is 17.2. The van der Waals surface area contributed by atoms with Crippen molar-refractivity contribution in [1.82, 2.24) is 20.5 Å². The largest absolute Gasteiger partial charge is 0.444 e. The first-order valence-corrected chi connectivity index (χ1v) is 9.34. The minimum atomic E-state index is -0.472. The third-order valence-electron chi connectivity index (χ3n) is 3.87. The average molecular weight is 377 g/mol. The molecule has 2 rings (SSSR count). The van der Waals surface area contributed by atoms with Crippen LogP contribution in [0, 0.1) is 0 Å². The lowest BCUT2D eigenvalue weighted by Gasteiger charge is -2.40. The molecule has 0 radical (unpaired) electrons. The van der Waals surface area contributed by atoms with Crippen molar-refractivity contribution in [2.24, 2.45) is 4.99 Å². The van der Waals surface area contributed by atoms with Crippen LogP contribution in [0.4, 0.5) is 10.6 Å². The molecular weight excluding hydrogens is 344 g/mol. The topological polar surface area (TPSA) is 82.1 Å². The van der Waals surface area contributed by atoms with E-state index >= 15 is 0 Å². The number of carbonyl (C=O) groups is 1. The van der Waals surface area contributed by atoms with Crippen LogP contribution in [0.25, 0.3) is 0 Å². The third-order valence-corrected chi connectivity index (χ3v) is 3.87. The van der Waals surface area contributed by atoms with Crippen LogP contribution >= 0.6 is 0 Å². The molecule has 1 amide bonds. The average Bonchev–Trinajstić information content (AvgIpc) is 2.53. The SMILES string of the molecule is CCNC(=NCc1cccc(N(C)C)n1)NC1CN(C(=O)OC(C)(C)C)C1. The summed E-state index contributed by atoms with van der Waals surface area (Å²) in [6.07, 6.45) is -0.271. The summed E-state index contributed by atoms with van der Waals surface area (Å²) >= 11 is 0. The number of carbonyl (C=O) groups excluding carboxylic acids is 1. The van der Waals surface area contributed by atoms with Crippen molar-refractivity contribution in [3.63, 3.8) is 0 Å². The molecule has 0 aromatic carbocycles. The van der Waals surface area contributed by atoms with Gasteiger partial charge in [-0.2, -0.15) is 0 Å². The van der Waals surface area contributed by atoms with Gasteiger partial charge in [0.25, 0.3) is 0 Å². The van der Waals surface area contributed by atoms with Gasteiger partial charge >= 0.3 is 6.09 Å². The number of anilines is 1. The van der Waals surface area contributed by atoms with Gasteiger partial charge in [0.2, 0.25) is 0 Å². The van der Waals surface area contributed by atoms with E-state index in [0.29, 0.717) is 19.6 Å². The van der Waals surface area contributed by atoms with Crippen molar-refractivity contribution in [1.29, 1.82) is 0 Å². The first kappa shape index (κ1) is 20.8. The second-order valence-corrected chi connectivity index (χ2v) is 7.80. The summed E-state index contributed by atoms with van der Waals surface area (Å²) in [5.74, 6) is 1.64. The fraction of sp³-hybridized carbons (Fsp3) is 0.632. The maximum Gasteiger partial charge on any atom is 0.410 e. The number of nitrogens with one attached hydrogen (secondary N) is 2. The van der Waals surface area contributed by atoms with E-state index in [1.807, 2.05) is 64.9 Å². The Balaban J connectivity index is 1.88. The number of nitrogens with zero attached hydrogens (tertiary/aromatic N) is 4. The lowest BCUT2D eigenvalue weighted by molar-refractivity contribution is 0.00701. The fourth-order valence-corrected chi connectivity index (χ4v) is 2.52.